The summed E-state index contributed by atoms with van der Waals surface area (Å²) < 4.78 is 0. The summed E-state index contributed by atoms with van der Waals surface area (Å²) in [7, 11) is 0. The van der Waals surface area contributed by atoms with Gasteiger partial charge in [-0.05, 0) is 46.1 Å². The Morgan fingerprint density at radius 3 is 1.92 bits per heavy atom. The molecule has 3 aromatic carbocycles. The number of nitriles is 1. The highest BCUT2D eigenvalue weighted by atomic mass is 32.2. The summed E-state index contributed by atoms with van der Waals surface area (Å²) in [5.41, 5.74) is 6.77. The molecule has 8 rings (SSSR count). The van der Waals surface area contributed by atoms with Crippen LogP contribution >= 0.6 is 11.8 Å². The summed E-state index contributed by atoms with van der Waals surface area (Å²) in [6, 6.07) is 26.5. The number of nitrogens with zero attached hydrogens (tertiary/aromatic N) is 3. The summed E-state index contributed by atoms with van der Waals surface area (Å²) in [5.74, 6) is -4.15. The lowest BCUT2D eigenvalue weighted by molar-refractivity contribution is -0.165. The van der Waals surface area contributed by atoms with Gasteiger partial charge in [0.15, 0.2) is 0 Å². The van der Waals surface area contributed by atoms with Gasteiger partial charge in [0.1, 0.15) is 16.7 Å². The first-order valence-electron chi connectivity index (χ1n) is 12.5. The van der Waals surface area contributed by atoms with E-state index in [4.69, 9.17) is 0 Å². The molecule has 0 spiro atoms. The van der Waals surface area contributed by atoms with Gasteiger partial charge in [0.25, 0.3) is 11.8 Å². The fourth-order valence-corrected chi connectivity index (χ4v) is 7.45. The molecule has 2 aliphatic heterocycles. The first-order chi connectivity index (χ1) is 19.0. The van der Waals surface area contributed by atoms with E-state index in [1.807, 2.05) is 60.7 Å². The van der Waals surface area contributed by atoms with Crippen molar-refractivity contribution >= 4 is 40.3 Å². The molecule has 0 saturated carbocycles. The molecule has 0 radical (unpaired) electrons. The summed E-state index contributed by atoms with van der Waals surface area (Å²) in [6.07, 6.45) is 0. The van der Waals surface area contributed by atoms with Gasteiger partial charge in [0.05, 0.1) is 18.4 Å². The van der Waals surface area contributed by atoms with Crippen LogP contribution in [0.2, 0.25) is 0 Å². The van der Waals surface area contributed by atoms with Gasteiger partial charge in [0, 0.05) is 17.5 Å². The molecule has 3 aliphatic carbocycles. The van der Waals surface area contributed by atoms with Crippen molar-refractivity contribution in [2.24, 2.45) is 11.8 Å². The molecule has 3 aromatic rings. The number of anilines is 1. The molecule has 3 amide bonds. The molecule has 5 aliphatic rings. The van der Waals surface area contributed by atoms with Gasteiger partial charge >= 0.3 is 0 Å². The standard InChI is InChI=1S/C30H20N4O4S/c31-14-21(30-33(15-22(35)39-30)16-8-2-1-3-9-16)28(37)34-29(38)26-24-19-12-6-4-10-17(19)23(25(26)27(36)32-34)18-11-5-7-13-20(18)24/h1-13,23-26H,15H2,(H,32,36)/b30-21+. The quantitative estimate of drug-likeness (QED) is 0.398. The maximum absolute atomic E-state index is 14.1. The molecule has 39 heavy (non-hydrogen) atoms. The van der Waals surface area contributed by atoms with Crippen molar-refractivity contribution in [3.05, 3.63) is 112 Å². The largest absolute Gasteiger partial charge is 0.326 e. The van der Waals surface area contributed by atoms with Crippen molar-refractivity contribution in [1.29, 1.82) is 5.26 Å². The van der Waals surface area contributed by atoms with Crippen molar-refractivity contribution in [1.82, 2.24) is 10.4 Å². The number of nitrogens with one attached hydrogen (secondary N) is 1. The zero-order valence-electron chi connectivity index (χ0n) is 20.4. The smallest absolute Gasteiger partial charge is 0.292 e. The molecule has 2 bridgehead atoms. The van der Waals surface area contributed by atoms with E-state index in [2.05, 4.69) is 5.43 Å². The van der Waals surface area contributed by atoms with Crippen LogP contribution in [0.5, 0.6) is 0 Å². The Balaban J connectivity index is 1.31. The number of imide groups is 1. The third-order valence-corrected chi connectivity index (χ3v) is 9.00. The highest BCUT2D eigenvalue weighted by molar-refractivity contribution is 8.17. The monoisotopic (exact) mass is 532 g/mol. The lowest BCUT2D eigenvalue weighted by Crippen LogP contribution is -2.65. The van der Waals surface area contributed by atoms with E-state index in [0.717, 1.165) is 34.0 Å². The fraction of sp³-hybridized carbons (Fsp3) is 0.167. The third-order valence-electron chi connectivity index (χ3n) is 8.02. The number of rotatable bonds is 2. The maximum atomic E-state index is 14.1. The second-order valence-electron chi connectivity index (χ2n) is 9.91. The Hall–Kier alpha value is -4.68. The molecule has 8 nitrogen and oxygen atoms in total. The zero-order valence-corrected chi connectivity index (χ0v) is 21.2. The van der Waals surface area contributed by atoms with E-state index in [9.17, 15) is 24.4 Å². The van der Waals surface area contributed by atoms with Crippen LogP contribution in [-0.2, 0) is 19.2 Å². The van der Waals surface area contributed by atoms with Gasteiger partial charge in [-0.2, -0.15) is 10.3 Å². The minimum absolute atomic E-state index is 0.0230. The van der Waals surface area contributed by atoms with E-state index in [-0.39, 0.29) is 28.2 Å². The molecule has 2 atom stereocenters. The first-order valence-corrected chi connectivity index (χ1v) is 13.4. The van der Waals surface area contributed by atoms with Crippen molar-refractivity contribution < 1.29 is 19.2 Å². The van der Waals surface area contributed by atoms with Crippen LogP contribution in [0.1, 0.15) is 34.1 Å². The Labute approximate surface area is 227 Å². The Morgan fingerprint density at radius 1 is 0.821 bits per heavy atom. The van der Waals surface area contributed by atoms with Gasteiger partial charge in [0.2, 0.25) is 11.0 Å². The Kier molecular flexibility index (Phi) is 5.22. The van der Waals surface area contributed by atoms with E-state index in [0.29, 0.717) is 10.7 Å². The predicted octanol–water partition coefficient (Wildman–Crippen LogP) is 3.42. The average Bonchev–Trinajstić information content (AvgIpc) is 3.36. The lowest BCUT2D eigenvalue weighted by atomic mass is 9.53. The van der Waals surface area contributed by atoms with E-state index < -0.39 is 35.5 Å². The second-order valence-corrected chi connectivity index (χ2v) is 11.0. The summed E-state index contributed by atoms with van der Waals surface area (Å²) in [5, 5.41) is 10.7. The number of hydrazine groups is 1. The van der Waals surface area contributed by atoms with Crippen molar-refractivity contribution in [3.63, 3.8) is 0 Å². The highest BCUT2D eigenvalue weighted by Gasteiger charge is 2.59. The maximum Gasteiger partial charge on any atom is 0.292 e. The first kappa shape index (κ1) is 23.4. The number of carbonyl (C=O) groups is 4. The molecule has 2 fully saturated rings. The molecule has 2 saturated heterocycles. The van der Waals surface area contributed by atoms with Crippen LogP contribution in [0, 0.1) is 23.2 Å². The molecule has 0 aromatic heterocycles. The predicted molar refractivity (Wildman–Crippen MR) is 143 cm³/mol. The molecule has 2 heterocycles. The molecule has 1 N–H and O–H groups in total. The topological polar surface area (TPSA) is 111 Å². The van der Waals surface area contributed by atoms with E-state index in [1.54, 1.807) is 29.2 Å². The SMILES string of the molecule is N#C/C(C(=O)N1NC(=O)C2C3c4ccccc4C(c4ccccc43)C2C1=O)=C1\SC(=O)CN1c1ccccc1. The van der Waals surface area contributed by atoms with Crippen LogP contribution < -0.4 is 10.3 Å². The molecule has 190 valence electrons. The Morgan fingerprint density at radius 2 is 1.36 bits per heavy atom. The molecule has 2 unspecified atom stereocenters. The number of hydrogen-bond acceptors (Lipinski definition) is 7. The van der Waals surface area contributed by atoms with Gasteiger partial charge in [-0.1, -0.05) is 66.7 Å². The van der Waals surface area contributed by atoms with Gasteiger partial charge in [-0.25, -0.2) is 0 Å². The van der Waals surface area contributed by atoms with Crippen molar-refractivity contribution in [3.8, 4) is 6.07 Å². The summed E-state index contributed by atoms with van der Waals surface area (Å²) in [6.45, 7) is -0.0230. The third kappa shape index (κ3) is 3.31. The van der Waals surface area contributed by atoms with Crippen LogP contribution in [0.3, 0.4) is 0 Å². The summed E-state index contributed by atoms with van der Waals surface area (Å²) in [4.78, 5) is 55.5. The molecule has 9 heteroatoms. The molecular weight excluding hydrogens is 512 g/mol. The minimum Gasteiger partial charge on any atom is -0.326 e. The number of amides is 3. The number of hydrogen-bond donors (Lipinski definition) is 1. The normalized spacial score (nSPS) is 25.9. The Bertz CT molecular complexity index is 1630. The average molecular weight is 533 g/mol. The van der Waals surface area contributed by atoms with E-state index in [1.165, 1.54) is 0 Å². The van der Waals surface area contributed by atoms with Crippen molar-refractivity contribution in [2.45, 2.75) is 11.8 Å². The fourth-order valence-electron chi connectivity index (χ4n) is 6.53. The number of benzene rings is 3. The zero-order chi connectivity index (χ0) is 26.8. The van der Waals surface area contributed by atoms with Gasteiger partial charge in [-0.3, -0.25) is 24.6 Å². The van der Waals surface area contributed by atoms with Crippen LogP contribution in [-0.4, -0.2) is 34.4 Å². The van der Waals surface area contributed by atoms with Crippen LogP contribution in [0.25, 0.3) is 0 Å². The van der Waals surface area contributed by atoms with Gasteiger partial charge < -0.3 is 4.90 Å². The highest BCUT2D eigenvalue weighted by Crippen LogP contribution is 2.59. The summed E-state index contributed by atoms with van der Waals surface area (Å²) >= 11 is 0.784. The number of thioether (sulfide) groups is 1. The number of carbonyl (C=O) groups excluding carboxylic acids is 4. The van der Waals surface area contributed by atoms with Crippen molar-refractivity contribution in [2.75, 3.05) is 11.4 Å². The van der Waals surface area contributed by atoms with E-state index >= 15 is 0 Å². The van der Waals surface area contributed by atoms with Crippen LogP contribution in [0.15, 0.2) is 89.5 Å². The second kappa shape index (κ2) is 8.68. The number of para-hydroxylation sites is 1. The van der Waals surface area contributed by atoms with Gasteiger partial charge in [-0.15, -0.1) is 0 Å². The molecular formula is C30H20N4O4S. The van der Waals surface area contributed by atoms with Crippen LogP contribution in [0.4, 0.5) is 5.69 Å². The minimum atomic E-state index is -0.949. The lowest BCUT2D eigenvalue weighted by Gasteiger charge is -2.52.